The number of amides is 2. The first-order valence-electron chi connectivity index (χ1n) is 17.3. The quantitative estimate of drug-likeness (QED) is 0.172. The van der Waals surface area contributed by atoms with Crippen LogP contribution in [0.2, 0.25) is 0 Å². The van der Waals surface area contributed by atoms with E-state index in [1.54, 1.807) is 62.1 Å². The summed E-state index contributed by atoms with van der Waals surface area (Å²) in [6, 6.07) is 16.4. The molecule has 1 unspecified atom stereocenters. The maximum absolute atomic E-state index is 15.6. The highest BCUT2D eigenvalue weighted by Gasteiger charge is 2.54. The van der Waals surface area contributed by atoms with Gasteiger partial charge in [0, 0.05) is 22.7 Å². The van der Waals surface area contributed by atoms with E-state index in [2.05, 4.69) is 20.5 Å². The van der Waals surface area contributed by atoms with Crippen LogP contribution in [-0.2, 0) is 34.5 Å². The molecule has 5 aromatic rings. The van der Waals surface area contributed by atoms with Crippen LogP contribution in [0.25, 0.3) is 21.9 Å². The van der Waals surface area contributed by atoms with Crippen molar-refractivity contribution in [2.24, 2.45) is 0 Å². The highest BCUT2D eigenvalue weighted by atomic mass is 19.1. The second-order valence-corrected chi connectivity index (χ2v) is 14.5. The number of benzene rings is 3. The van der Waals surface area contributed by atoms with Gasteiger partial charge in [-0.1, -0.05) is 30.3 Å². The van der Waals surface area contributed by atoms with Gasteiger partial charge in [-0.2, -0.15) is 5.10 Å². The minimum Gasteiger partial charge on any atom is -0.444 e. The zero-order valence-corrected chi connectivity index (χ0v) is 29.1. The fourth-order valence-electron chi connectivity index (χ4n) is 7.20. The van der Waals surface area contributed by atoms with E-state index in [0.29, 0.717) is 59.0 Å². The number of aryl methyl sites for hydroxylation is 1. The molecule has 9 nitrogen and oxygen atoms in total. The first-order chi connectivity index (χ1) is 24.8. The molecule has 2 amide bonds. The van der Waals surface area contributed by atoms with Gasteiger partial charge in [-0.25, -0.2) is 23.1 Å². The van der Waals surface area contributed by atoms with E-state index in [1.165, 1.54) is 30.5 Å². The maximum Gasteiger partial charge on any atom is 0.407 e. The van der Waals surface area contributed by atoms with Gasteiger partial charge in [0.05, 0.1) is 46.9 Å². The molecule has 7 rings (SSSR count). The lowest BCUT2D eigenvalue weighted by atomic mass is 9.84. The van der Waals surface area contributed by atoms with Crippen LogP contribution in [0, 0.1) is 17.5 Å². The van der Waals surface area contributed by atoms with Crippen LogP contribution in [0.1, 0.15) is 80.6 Å². The summed E-state index contributed by atoms with van der Waals surface area (Å²) in [6.45, 7) is 5.25. The number of aromatic nitrogens is 3. The Morgan fingerprint density at radius 3 is 2.40 bits per heavy atom. The second-order valence-electron chi connectivity index (χ2n) is 14.5. The van der Waals surface area contributed by atoms with Crippen LogP contribution < -0.4 is 10.9 Å². The highest BCUT2D eigenvalue weighted by Crippen LogP contribution is 2.52. The lowest BCUT2D eigenvalue weighted by Gasteiger charge is -2.38. The number of halogens is 3. The lowest BCUT2D eigenvalue weighted by molar-refractivity contribution is -0.137. The van der Waals surface area contributed by atoms with Crippen molar-refractivity contribution in [2.45, 2.75) is 83.0 Å². The molecule has 0 saturated heterocycles. The van der Waals surface area contributed by atoms with Crippen LogP contribution in [0.4, 0.5) is 18.0 Å². The monoisotopic (exact) mass is 709 g/mol. The van der Waals surface area contributed by atoms with Crippen molar-refractivity contribution in [3.63, 3.8) is 0 Å². The Hall–Kier alpha value is -5.52. The molecule has 2 aromatic heterocycles. The van der Waals surface area contributed by atoms with Crippen LogP contribution in [0.3, 0.4) is 0 Å². The number of fused-ring (bicyclic) bond motifs is 2. The summed E-state index contributed by atoms with van der Waals surface area (Å²) < 4.78 is 50.1. The molecule has 1 fully saturated rings. The van der Waals surface area contributed by atoms with Gasteiger partial charge in [0.25, 0.3) is 5.56 Å². The Bertz CT molecular complexity index is 2230. The van der Waals surface area contributed by atoms with Crippen LogP contribution in [0.15, 0.2) is 77.7 Å². The molecule has 12 heteroatoms. The number of nitrogens with zero attached hydrogens (tertiary/aromatic N) is 3. The van der Waals surface area contributed by atoms with E-state index in [4.69, 9.17) is 4.74 Å². The van der Waals surface area contributed by atoms with Gasteiger partial charge in [-0.3, -0.25) is 14.6 Å². The average Bonchev–Trinajstić information content (AvgIpc) is 3.92. The van der Waals surface area contributed by atoms with E-state index >= 15 is 4.39 Å². The molecule has 0 aliphatic heterocycles. The molecule has 0 radical (unpaired) electrons. The molecule has 2 aliphatic rings. The molecular formula is C40H38F3N5O4. The van der Waals surface area contributed by atoms with E-state index < -0.39 is 40.3 Å². The predicted molar refractivity (Wildman–Crippen MR) is 189 cm³/mol. The number of pyridine rings is 1. The zero-order valence-electron chi connectivity index (χ0n) is 29.1. The summed E-state index contributed by atoms with van der Waals surface area (Å²) in [4.78, 5) is 46.4. The standard InChI is InChI=1S/C40H38F3N5O4/c1-39(2,3)52-38(51)45-21-32-28-19-25(14-16-27(28)36(49)47-46-32)40(17-18-40)37(50)48(33-12-5-8-23-7-4-9-31(43)35(23)33)22-26-15-13-24(20-44-26)34-29(41)10-6-11-30(34)42/h4,6-7,9-11,13-16,19-20,33H,5,8,12,17-18,21-22H2,1-3H3,(H,45,51)(H,47,49). The second kappa shape index (κ2) is 13.6. The van der Waals surface area contributed by atoms with Gasteiger partial charge in [0.2, 0.25) is 5.91 Å². The number of carbonyl (C=O) groups is 2. The summed E-state index contributed by atoms with van der Waals surface area (Å²) in [7, 11) is 0. The van der Waals surface area contributed by atoms with Crippen LogP contribution in [0.5, 0.6) is 0 Å². The summed E-state index contributed by atoms with van der Waals surface area (Å²) in [5.74, 6) is -2.04. The van der Waals surface area contributed by atoms with Gasteiger partial charge in [0.15, 0.2) is 0 Å². The molecule has 268 valence electrons. The van der Waals surface area contributed by atoms with Crippen molar-refractivity contribution >= 4 is 22.8 Å². The number of aromatic amines is 1. The molecule has 2 heterocycles. The molecule has 0 spiro atoms. The van der Waals surface area contributed by atoms with E-state index in [0.717, 1.165) is 12.0 Å². The Labute approximate surface area is 298 Å². The summed E-state index contributed by atoms with van der Waals surface area (Å²) >= 11 is 0. The van der Waals surface area contributed by atoms with Crippen molar-refractivity contribution in [1.29, 1.82) is 0 Å². The van der Waals surface area contributed by atoms with E-state index in [1.807, 2.05) is 6.07 Å². The van der Waals surface area contributed by atoms with Gasteiger partial charge in [0.1, 0.15) is 23.1 Å². The third-order valence-electron chi connectivity index (χ3n) is 9.82. The van der Waals surface area contributed by atoms with Crippen molar-refractivity contribution < 1.29 is 27.5 Å². The molecule has 1 saturated carbocycles. The van der Waals surface area contributed by atoms with Gasteiger partial charge in [-0.05, 0) is 100 Å². The normalized spacial score (nSPS) is 16.2. The summed E-state index contributed by atoms with van der Waals surface area (Å²) in [5, 5.41) is 10.2. The van der Waals surface area contributed by atoms with Gasteiger partial charge < -0.3 is 15.0 Å². The maximum atomic E-state index is 15.6. The van der Waals surface area contributed by atoms with Crippen molar-refractivity contribution in [2.75, 3.05) is 0 Å². The average molecular weight is 710 g/mol. The number of ether oxygens (including phenoxy) is 1. The third-order valence-corrected chi connectivity index (χ3v) is 9.82. The molecule has 1 atom stereocenters. The fourth-order valence-corrected chi connectivity index (χ4v) is 7.20. The Morgan fingerprint density at radius 2 is 1.71 bits per heavy atom. The molecule has 2 N–H and O–H groups in total. The lowest BCUT2D eigenvalue weighted by Crippen LogP contribution is -2.43. The number of alkyl carbamates (subject to hydrolysis) is 1. The summed E-state index contributed by atoms with van der Waals surface area (Å²) in [6.07, 6.45) is 3.74. The molecule has 3 aromatic carbocycles. The largest absolute Gasteiger partial charge is 0.444 e. The number of carbonyl (C=O) groups excluding carboxylic acids is 2. The Balaban J connectivity index is 1.25. The molecular weight excluding hydrogens is 671 g/mol. The minimum atomic E-state index is -0.967. The molecule has 52 heavy (non-hydrogen) atoms. The van der Waals surface area contributed by atoms with E-state index in [-0.39, 0.29) is 35.9 Å². The fraction of sp³-hybridized carbons (Fsp3) is 0.325. The number of rotatable bonds is 8. The number of nitrogens with one attached hydrogen (secondary N) is 2. The topological polar surface area (TPSA) is 117 Å². The Morgan fingerprint density at radius 1 is 0.981 bits per heavy atom. The van der Waals surface area contributed by atoms with Crippen molar-refractivity contribution in [3.05, 3.63) is 129 Å². The highest BCUT2D eigenvalue weighted by molar-refractivity contribution is 5.94. The van der Waals surface area contributed by atoms with Gasteiger partial charge in [-0.15, -0.1) is 0 Å². The van der Waals surface area contributed by atoms with Crippen molar-refractivity contribution in [3.8, 4) is 11.1 Å². The first kappa shape index (κ1) is 34.9. The Kier molecular flexibility index (Phi) is 9.10. The zero-order chi connectivity index (χ0) is 36.8. The summed E-state index contributed by atoms with van der Waals surface area (Å²) in [5.41, 5.74) is 0.817. The first-order valence-corrected chi connectivity index (χ1v) is 17.3. The van der Waals surface area contributed by atoms with E-state index in [9.17, 15) is 23.2 Å². The minimum absolute atomic E-state index is 0.0267. The van der Waals surface area contributed by atoms with Crippen molar-refractivity contribution in [1.82, 2.24) is 25.4 Å². The molecule has 0 bridgehead atoms. The number of hydrogen-bond donors (Lipinski definition) is 2. The smallest absolute Gasteiger partial charge is 0.407 e. The predicted octanol–water partition coefficient (Wildman–Crippen LogP) is 7.57. The van der Waals surface area contributed by atoms with Gasteiger partial charge >= 0.3 is 6.09 Å². The number of H-pyrrole nitrogens is 1. The van der Waals surface area contributed by atoms with Crippen LogP contribution in [-0.4, -0.2) is 37.7 Å². The number of hydrogen-bond acceptors (Lipinski definition) is 6. The SMILES string of the molecule is CC(C)(C)OC(=O)NCc1n[nH]c(=O)c2ccc(C3(C(=O)N(Cc4ccc(-c5c(F)cccc5F)cn4)C4CCCc5cccc(F)c54)CC3)cc12. The van der Waals surface area contributed by atoms with Crippen LogP contribution >= 0.6 is 0 Å². The third kappa shape index (κ3) is 6.77. The molecule has 2 aliphatic carbocycles.